The first-order chi connectivity index (χ1) is 30.4. The summed E-state index contributed by atoms with van der Waals surface area (Å²) >= 11 is 1.45. The van der Waals surface area contributed by atoms with E-state index in [9.17, 15) is 9.59 Å². The van der Waals surface area contributed by atoms with E-state index in [0.29, 0.717) is 58.2 Å². The van der Waals surface area contributed by atoms with Crippen molar-refractivity contribution >= 4 is 41.5 Å². The highest BCUT2D eigenvalue weighted by Gasteiger charge is 2.30. The highest BCUT2D eigenvalue weighted by Crippen LogP contribution is 2.53. The van der Waals surface area contributed by atoms with Crippen molar-refractivity contribution in [3.63, 3.8) is 0 Å². The van der Waals surface area contributed by atoms with Gasteiger partial charge >= 0.3 is 17.2 Å². The topological polar surface area (TPSA) is 108 Å². The Hall–Kier alpha value is -5.73. The zero-order valence-electron chi connectivity index (χ0n) is 36.7. The SMILES string of the molecule is CCC(C)(C)c1ccc(OP(Oc2ccccc2C=O)Oc2ccccc2C=O)c(Sc2cc(C(C)(C)CC)ccc2OP(Oc2ccccc2OC)Oc2ccccc2OC)c1. The fourth-order valence-corrected chi connectivity index (χ4v) is 9.29. The highest BCUT2D eigenvalue weighted by molar-refractivity contribution is 7.99. The lowest BCUT2D eigenvalue weighted by molar-refractivity contribution is 0.111. The van der Waals surface area contributed by atoms with Crippen LogP contribution in [0.2, 0.25) is 0 Å². The lowest BCUT2D eigenvalue weighted by Gasteiger charge is -2.27. The molecule has 6 aromatic rings. The Kier molecular flexibility index (Phi) is 16.0. The van der Waals surface area contributed by atoms with Crippen LogP contribution >= 0.6 is 29.0 Å². The summed E-state index contributed by atoms with van der Waals surface area (Å²) in [6, 6.07) is 40.4. The third-order valence-corrected chi connectivity index (χ3v) is 13.9. The molecule has 328 valence electrons. The van der Waals surface area contributed by atoms with Crippen LogP contribution in [0.5, 0.6) is 46.0 Å². The molecule has 0 radical (unpaired) electrons. The lowest BCUT2D eigenvalue weighted by atomic mass is 9.82. The van der Waals surface area contributed by atoms with Gasteiger partial charge in [-0.1, -0.05) is 114 Å². The number of hydrogen-bond acceptors (Lipinski definition) is 11. The molecule has 0 N–H and O–H groups in total. The molecule has 0 aromatic heterocycles. The summed E-state index contributed by atoms with van der Waals surface area (Å²) in [6.45, 7) is 13.1. The number of methoxy groups -OCH3 is 2. The molecule has 0 aliphatic carbocycles. The van der Waals surface area contributed by atoms with Crippen molar-refractivity contribution in [3.05, 3.63) is 156 Å². The molecule has 0 aliphatic heterocycles. The molecule has 63 heavy (non-hydrogen) atoms. The Balaban J connectivity index is 1.47. The van der Waals surface area contributed by atoms with Crippen LogP contribution in [0, 0.1) is 0 Å². The molecule has 0 atom stereocenters. The first-order valence-electron chi connectivity index (χ1n) is 20.4. The Labute approximate surface area is 377 Å². The van der Waals surface area contributed by atoms with Crippen LogP contribution in [0.1, 0.15) is 86.2 Å². The number of para-hydroxylation sites is 6. The van der Waals surface area contributed by atoms with Crippen LogP contribution in [0.25, 0.3) is 0 Å². The monoisotopic (exact) mass is 906 g/mol. The van der Waals surface area contributed by atoms with Crippen LogP contribution < -0.4 is 36.6 Å². The molecule has 0 heterocycles. The van der Waals surface area contributed by atoms with Crippen molar-refractivity contribution in [1.29, 1.82) is 0 Å². The van der Waals surface area contributed by atoms with Crippen LogP contribution in [0.3, 0.4) is 0 Å². The Morgan fingerprint density at radius 2 is 0.762 bits per heavy atom. The summed E-state index contributed by atoms with van der Waals surface area (Å²) in [4.78, 5) is 25.7. The van der Waals surface area contributed by atoms with Gasteiger partial charge in [0.05, 0.1) is 35.1 Å². The van der Waals surface area contributed by atoms with Crippen molar-refractivity contribution in [2.75, 3.05) is 14.2 Å². The van der Waals surface area contributed by atoms with Gasteiger partial charge in [0.1, 0.15) is 23.0 Å². The molecule has 10 nitrogen and oxygen atoms in total. The third kappa shape index (κ3) is 11.8. The van der Waals surface area contributed by atoms with E-state index in [0.717, 1.165) is 33.8 Å². The van der Waals surface area contributed by atoms with Crippen molar-refractivity contribution in [1.82, 2.24) is 0 Å². The minimum Gasteiger partial charge on any atom is -0.493 e. The van der Waals surface area contributed by atoms with Crippen molar-refractivity contribution < 1.29 is 46.2 Å². The average molecular weight is 907 g/mol. The van der Waals surface area contributed by atoms with E-state index in [1.165, 1.54) is 11.8 Å². The molecule has 0 aliphatic rings. The van der Waals surface area contributed by atoms with Crippen LogP contribution in [0.15, 0.2) is 143 Å². The quantitative estimate of drug-likeness (QED) is 0.0480. The summed E-state index contributed by atoms with van der Waals surface area (Å²) in [6.07, 6.45) is 3.18. The van der Waals surface area contributed by atoms with Crippen LogP contribution in [-0.2, 0) is 10.8 Å². The smallest absolute Gasteiger partial charge is 0.493 e. The molecule has 13 heteroatoms. The summed E-state index contributed by atoms with van der Waals surface area (Å²) in [7, 11) is -1.33. The molecule has 0 unspecified atom stereocenters. The third-order valence-electron chi connectivity index (χ3n) is 10.7. The van der Waals surface area contributed by atoms with E-state index < -0.39 is 17.2 Å². The summed E-state index contributed by atoms with van der Waals surface area (Å²) in [5.74, 6) is 3.36. The number of carbonyl (C=O) groups is 2. The van der Waals surface area contributed by atoms with Gasteiger partial charge in [-0.15, -0.1) is 0 Å². The van der Waals surface area contributed by atoms with Gasteiger partial charge in [0.15, 0.2) is 35.6 Å². The zero-order valence-corrected chi connectivity index (χ0v) is 39.3. The van der Waals surface area contributed by atoms with Gasteiger partial charge < -0.3 is 36.6 Å². The number of hydrogen-bond donors (Lipinski definition) is 0. The zero-order chi connectivity index (χ0) is 45.0. The van der Waals surface area contributed by atoms with E-state index in [1.807, 2.05) is 42.5 Å². The molecular weight excluding hydrogens is 855 g/mol. The number of benzene rings is 6. The number of aldehydes is 2. The molecule has 0 saturated carbocycles. The van der Waals surface area contributed by atoms with Gasteiger partial charge in [0, 0.05) is 0 Å². The second-order valence-electron chi connectivity index (χ2n) is 15.5. The normalized spacial score (nSPS) is 11.5. The summed E-state index contributed by atoms with van der Waals surface area (Å²) in [5.41, 5.74) is 2.43. The highest BCUT2D eigenvalue weighted by atomic mass is 32.2. The van der Waals surface area contributed by atoms with Crippen LogP contribution in [0.4, 0.5) is 0 Å². The van der Waals surface area contributed by atoms with Crippen LogP contribution in [-0.4, -0.2) is 26.8 Å². The Bertz CT molecular complexity index is 2390. The summed E-state index contributed by atoms with van der Waals surface area (Å²) < 4.78 is 50.5. The molecule has 0 spiro atoms. The molecule has 6 aromatic carbocycles. The predicted molar refractivity (Wildman–Crippen MR) is 251 cm³/mol. The van der Waals surface area contributed by atoms with Gasteiger partial charge in [0.2, 0.25) is 0 Å². The maximum atomic E-state index is 12.1. The molecule has 0 fully saturated rings. The molecule has 0 bridgehead atoms. The number of ether oxygens (including phenoxy) is 2. The first-order valence-corrected chi connectivity index (χ1v) is 23.4. The molecular formula is C50H52O10P2S. The largest absolute Gasteiger partial charge is 0.530 e. The average Bonchev–Trinajstić information content (AvgIpc) is 3.30. The van der Waals surface area contributed by atoms with Crippen molar-refractivity contribution in [2.45, 2.75) is 75.0 Å². The van der Waals surface area contributed by atoms with Gasteiger partial charge in [-0.25, -0.2) is 0 Å². The van der Waals surface area contributed by atoms with E-state index in [2.05, 4.69) is 59.7 Å². The second kappa shape index (κ2) is 21.6. The van der Waals surface area contributed by atoms with E-state index in [1.54, 1.807) is 87.0 Å². The second-order valence-corrected chi connectivity index (χ2v) is 18.6. The maximum Gasteiger partial charge on any atom is 0.530 e. The van der Waals surface area contributed by atoms with E-state index >= 15 is 0 Å². The molecule has 0 saturated heterocycles. The number of rotatable bonds is 22. The molecule has 0 amide bonds. The van der Waals surface area contributed by atoms with E-state index in [4.69, 9.17) is 36.6 Å². The van der Waals surface area contributed by atoms with Crippen molar-refractivity contribution in [2.24, 2.45) is 0 Å². The fourth-order valence-electron chi connectivity index (χ4n) is 6.00. The number of carbonyl (C=O) groups excluding carboxylic acids is 2. The fraction of sp³-hybridized carbons (Fsp3) is 0.240. The molecule has 6 rings (SSSR count). The van der Waals surface area contributed by atoms with Crippen molar-refractivity contribution in [3.8, 4) is 46.0 Å². The predicted octanol–water partition coefficient (Wildman–Crippen LogP) is 14.4. The van der Waals surface area contributed by atoms with E-state index in [-0.39, 0.29) is 22.3 Å². The Morgan fingerprint density at radius 1 is 0.444 bits per heavy atom. The first kappa shape index (κ1) is 46.8. The minimum atomic E-state index is -2.30. The minimum absolute atomic E-state index is 0.181. The van der Waals surface area contributed by atoms with Gasteiger partial charge in [-0.05, 0) is 108 Å². The Morgan fingerprint density at radius 3 is 1.11 bits per heavy atom. The lowest BCUT2D eigenvalue weighted by Crippen LogP contribution is -2.16. The van der Waals surface area contributed by atoms with Gasteiger partial charge in [0.25, 0.3) is 0 Å². The standard InChI is InChI=1S/C50H52O10P2S/c1-9-49(3,4)37-27-29-45(59-61(55-39-21-13-11-19-35(39)33-51)56-40-22-14-12-20-36(40)34-52)47(31-37)63-48-32-38(50(5,6)10-2)28-30-46(48)60-62(57-43-25-17-15-23-41(43)53-7)58-44-26-18-16-24-42(44)54-8/h11-34H,9-10H2,1-8H3. The maximum absolute atomic E-state index is 12.1. The van der Waals surface area contributed by atoms with Gasteiger partial charge in [-0.3, -0.25) is 9.59 Å². The van der Waals surface area contributed by atoms with Gasteiger partial charge in [-0.2, -0.15) is 0 Å². The summed E-state index contributed by atoms with van der Waals surface area (Å²) in [5, 5.41) is 0.